The summed E-state index contributed by atoms with van der Waals surface area (Å²) in [5.74, 6) is 0.420. The molecule has 2 rings (SSSR count). The second-order valence-electron chi connectivity index (χ2n) is 3.68. The minimum atomic E-state index is -0.679. The van der Waals surface area contributed by atoms with E-state index in [2.05, 4.69) is 9.97 Å². The third kappa shape index (κ3) is 1.44. The molecule has 1 aromatic heterocycles. The molecular formula is C10H14N2O. The van der Waals surface area contributed by atoms with Crippen molar-refractivity contribution < 1.29 is 5.11 Å². The van der Waals surface area contributed by atoms with Gasteiger partial charge in [0.25, 0.3) is 0 Å². The molecule has 0 aliphatic heterocycles. The molecule has 1 unspecified atom stereocenters. The minimum Gasteiger partial charge on any atom is -0.385 e. The lowest BCUT2D eigenvalue weighted by Gasteiger charge is -2.26. The monoisotopic (exact) mass is 178 g/mol. The van der Waals surface area contributed by atoms with Crippen LogP contribution in [0.25, 0.3) is 0 Å². The Labute approximate surface area is 77.8 Å². The van der Waals surface area contributed by atoms with Crippen LogP contribution in [0.1, 0.15) is 31.7 Å². The van der Waals surface area contributed by atoms with Crippen molar-refractivity contribution in [3.05, 3.63) is 24.3 Å². The number of rotatable bonds is 3. The zero-order valence-electron chi connectivity index (χ0n) is 7.77. The highest BCUT2D eigenvalue weighted by atomic mass is 16.3. The molecule has 1 N–H and O–H groups in total. The highest BCUT2D eigenvalue weighted by molar-refractivity contribution is 5.18. The second kappa shape index (κ2) is 3.07. The lowest BCUT2D eigenvalue weighted by atomic mass is 9.88. The molecule has 0 aromatic carbocycles. The molecule has 3 nitrogen and oxygen atoms in total. The standard InChI is InChI=1S/C10H14N2O/c1-2-10(13,8-3-4-8)9-5-11-7-12-6-9/h5-8,13H,2-4H2,1H3. The zero-order valence-corrected chi connectivity index (χ0v) is 7.77. The Morgan fingerprint density at radius 2 is 2.08 bits per heavy atom. The lowest BCUT2D eigenvalue weighted by molar-refractivity contribution is 0.00823. The second-order valence-corrected chi connectivity index (χ2v) is 3.68. The van der Waals surface area contributed by atoms with E-state index in [0.717, 1.165) is 24.8 Å². The fraction of sp³-hybridized carbons (Fsp3) is 0.600. The first kappa shape index (κ1) is 8.63. The molecule has 3 heteroatoms. The Bertz CT molecular complexity index is 284. The average molecular weight is 178 g/mol. The van der Waals surface area contributed by atoms with Gasteiger partial charge in [0.1, 0.15) is 6.33 Å². The van der Waals surface area contributed by atoms with E-state index < -0.39 is 5.60 Å². The number of aromatic nitrogens is 2. The molecule has 1 heterocycles. The number of nitrogens with zero attached hydrogens (tertiary/aromatic N) is 2. The Hall–Kier alpha value is -0.960. The molecule has 0 radical (unpaired) electrons. The number of hydrogen-bond acceptors (Lipinski definition) is 3. The molecule has 0 amide bonds. The van der Waals surface area contributed by atoms with Gasteiger partial charge < -0.3 is 5.11 Å². The highest BCUT2D eigenvalue weighted by Gasteiger charge is 2.43. The number of aliphatic hydroxyl groups is 1. The van der Waals surface area contributed by atoms with Crippen molar-refractivity contribution in [2.24, 2.45) is 5.92 Å². The normalized spacial score (nSPS) is 21.1. The van der Waals surface area contributed by atoms with Crippen LogP contribution >= 0.6 is 0 Å². The lowest BCUT2D eigenvalue weighted by Crippen LogP contribution is -2.27. The molecular weight excluding hydrogens is 164 g/mol. The largest absolute Gasteiger partial charge is 0.385 e. The summed E-state index contributed by atoms with van der Waals surface area (Å²) in [6.07, 6.45) is 7.92. The molecule has 0 bridgehead atoms. The van der Waals surface area contributed by atoms with E-state index in [1.807, 2.05) is 6.92 Å². The van der Waals surface area contributed by atoms with E-state index >= 15 is 0 Å². The van der Waals surface area contributed by atoms with Crippen molar-refractivity contribution in [2.45, 2.75) is 31.8 Å². The SMILES string of the molecule is CCC(O)(c1cncnc1)C1CC1. The maximum absolute atomic E-state index is 10.4. The molecule has 1 saturated carbocycles. The quantitative estimate of drug-likeness (QED) is 0.762. The van der Waals surface area contributed by atoms with E-state index in [4.69, 9.17) is 0 Å². The smallest absolute Gasteiger partial charge is 0.115 e. The first-order valence-corrected chi connectivity index (χ1v) is 4.75. The van der Waals surface area contributed by atoms with Crippen molar-refractivity contribution in [3.8, 4) is 0 Å². The van der Waals surface area contributed by atoms with Crippen LogP contribution in [0, 0.1) is 5.92 Å². The summed E-state index contributed by atoms with van der Waals surface area (Å²) < 4.78 is 0. The summed E-state index contributed by atoms with van der Waals surface area (Å²) in [6.45, 7) is 2.01. The van der Waals surface area contributed by atoms with Gasteiger partial charge in [-0.1, -0.05) is 6.92 Å². The van der Waals surface area contributed by atoms with Crippen molar-refractivity contribution >= 4 is 0 Å². The minimum absolute atomic E-state index is 0.420. The molecule has 1 aliphatic rings. The summed E-state index contributed by atoms with van der Waals surface area (Å²) in [5.41, 5.74) is 0.182. The van der Waals surface area contributed by atoms with Crippen LogP contribution < -0.4 is 0 Å². The van der Waals surface area contributed by atoms with Crippen LogP contribution in [0.4, 0.5) is 0 Å². The van der Waals surface area contributed by atoms with Crippen LogP contribution in [0.3, 0.4) is 0 Å². The predicted octanol–water partition coefficient (Wildman–Crippen LogP) is 1.48. The maximum Gasteiger partial charge on any atom is 0.115 e. The number of hydrogen-bond donors (Lipinski definition) is 1. The Morgan fingerprint density at radius 3 is 2.54 bits per heavy atom. The van der Waals surface area contributed by atoms with Crippen molar-refractivity contribution in [1.29, 1.82) is 0 Å². The third-order valence-corrected chi connectivity index (χ3v) is 2.85. The fourth-order valence-corrected chi connectivity index (χ4v) is 1.81. The molecule has 70 valence electrons. The summed E-state index contributed by atoms with van der Waals surface area (Å²) >= 11 is 0. The van der Waals surface area contributed by atoms with Gasteiger partial charge in [-0.3, -0.25) is 0 Å². The van der Waals surface area contributed by atoms with E-state index in [-0.39, 0.29) is 0 Å². The third-order valence-electron chi connectivity index (χ3n) is 2.85. The molecule has 1 aromatic rings. The highest BCUT2D eigenvalue weighted by Crippen LogP contribution is 2.47. The van der Waals surface area contributed by atoms with Gasteiger partial charge in [0.05, 0.1) is 5.60 Å². The summed E-state index contributed by atoms with van der Waals surface area (Å²) in [7, 11) is 0. The fourth-order valence-electron chi connectivity index (χ4n) is 1.81. The van der Waals surface area contributed by atoms with Gasteiger partial charge in [-0.2, -0.15) is 0 Å². The topological polar surface area (TPSA) is 46.0 Å². The molecule has 1 fully saturated rings. The van der Waals surface area contributed by atoms with Gasteiger partial charge in [-0.15, -0.1) is 0 Å². The van der Waals surface area contributed by atoms with Crippen LogP contribution in [-0.4, -0.2) is 15.1 Å². The van der Waals surface area contributed by atoms with Crippen LogP contribution in [0.15, 0.2) is 18.7 Å². The first-order valence-electron chi connectivity index (χ1n) is 4.75. The Kier molecular flexibility index (Phi) is 2.04. The van der Waals surface area contributed by atoms with Crippen LogP contribution in [0.5, 0.6) is 0 Å². The van der Waals surface area contributed by atoms with Crippen LogP contribution in [-0.2, 0) is 5.60 Å². The van der Waals surface area contributed by atoms with E-state index in [0.29, 0.717) is 5.92 Å². The molecule has 1 aliphatic carbocycles. The van der Waals surface area contributed by atoms with Gasteiger partial charge in [0.2, 0.25) is 0 Å². The molecule has 0 saturated heterocycles. The molecule has 13 heavy (non-hydrogen) atoms. The molecule has 0 spiro atoms. The Balaban J connectivity index is 2.30. The average Bonchev–Trinajstić information content (AvgIpc) is 3.02. The van der Waals surface area contributed by atoms with Crippen molar-refractivity contribution in [1.82, 2.24) is 9.97 Å². The van der Waals surface area contributed by atoms with Gasteiger partial charge in [-0.05, 0) is 25.2 Å². The van der Waals surface area contributed by atoms with Gasteiger partial charge in [0, 0.05) is 18.0 Å². The summed E-state index contributed by atoms with van der Waals surface area (Å²) in [4.78, 5) is 7.88. The van der Waals surface area contributed by atoms with E-state index in [1.54, 1.807) is 12.4 Å². The van der Waals surface area contributed by atoms with Crippen LogP contribution in [0.2, 0.25) is 0 Å². The zero-order chi connectivity index (χ0) is 9.31. The van der Waals surface area contributed by atoms with Gasteiger partial charge >= 0.3 is 0 Å². The van der Waals surface area contributed by atoms with Crippen molar-refractivity contribution in [3.63, 3.8) is 0 Å². The van der Waals surface area contributed by atoms with E-state index in [1.165, 1.54) is 6.33 Å². The predicted molar refractivity (Wildman–Crippen MR) is 48.9 cm³/mol. The van der Waals surface area contributed by atoms with Crippen molar-refractivity contribution in [2.75, 3.05) is 0 Å². The summed E-state index contributed by atoms with van der Waals surface area (Å²) in [6, 6.07) is 0. The van der Waals surface area contributed by atoms with Gasteiger partial charge in [0.15, 0.2) is 0 Å². The van der Waals surface area contributed by atoms with Gasteiger partial charge in [-0.25, -0.2) is 9.97 Å². The summed E-state index contributed by atoms with van der Waals surface area (Å²) in [5, 5.41) is 10.4. The Morgan fingerprint density at radius 1 is 1.46 bits per heavy atom. The molecule has 1 atom stereocenters. The first-order chi connectivity index (χ1) is 6.27. The maximum atomic E-state index is 10.4. The van der Waals surface area contributed by atoms with E-state index in [9.17, 15) is 5.11 Å².